The Balaban J connectivity index is 2.31. The molecule has 0 aromatic heterocycles. The number of rotatable bonds is 3. The summed E-state index contributed by atoms with van der Waals surface area (Å²) in [6.45, 7) is 1.61. The van der Waals surface area contributed by atoms with E-state index in [0.717, 1.165) is 29.7 Å². The predicted molar refractivity (Wildman–Crippen MR) is 80.9 cm³/mol. The molecule has 4 nitrogen and oxygen atoms in total. The molecule has 1 N–H and O–H groups in total. The largest absolute Gasteiger partial charge is 0.326 e. The number of carbonyl (C=O) groups is 1. The fraction of sp³-hybridized carbons (Fsp3) is 0.500. The SMILES string of the molecule is CC(C(Cl)c1ccc2c(c1)CCCC(=O)N2)S(C)(=O)=O. The minimum atomic E-state index is -3.19. The zero-order valence-corrected chi connectivity index (χ0v) is 13.1. The van der Waals surface area contributed by atoms with E-state index in [2.05, 4.69) is 5.32 Å². The lowest BCUT2D eigenvalue weighted by atomic mass is 10.0. The number of nitrogens with one attached hydrogen (secondary N) is 1. The number of halogens is 1. The van der Waals surface area contributed by atoms with Crippen molar-refractivity contribution in [1.29, 1.82) is 0 Å². The molecule has 0 fully saturated rings. The van der Waals surface area contributed by atoms with Gasteiger partial charge < -0.3 is 5.32 Å². The smallest absolute Gasteiger partial charge is 0.224 e. The Morgan fingerprint density at radius 3 is 2.65 bits per heavy atom. The van der Waals surface area contributed by atoms with Crippen molar-refractivity contribution in [2.45, 2.75) is 36.8 Å². The average molecular weight is 316 g/mol. The molecule has 2 unspecified atom stereocenters. The number of hydrogen-bond acceptors (Lipinski definition) is 3. The van der Waals surface area contributed by atoms with E-state index in [9.17, 15) is 13.2 Å². The Bertz CT molecular complexity index is 627. The zero-order chi connectivity index (χ0) is 14.9. The molecular formula is C14H18ClNO3S. The number of sulfone groups is 1. The maximum absolute atomic E-state index is 11.6. The molecule has 2 atom stereocenters. The summed E-state index contributed by atoms with van der Waals surface area (Å²) in [5.74, 6) is 0.0171. The van der Waals surface area contributed by atoms with E-state index in [4.69, 9.17) is 11.6 Å². The zero-order valence-electron chi connectivity index (χ0n) is 11.5. The monoisotopic (exact) mass is 315 g/mol. The second-order valence-electron chi connectivity index (χ2n) is 5.25. The van der Waals surface area contributed by atoms with E-state index in [1.807, 2.05) is 6.07 Å². The van der Waals surface area contributed by atoms with Crippen LogP contribution < -0.4 is 5.32 Å². The molecule has 2 rings (SSSR count). The average Bonchev–Trinajstić information content (AvgIpc) is 2.55. The first-order valence-electron chi connectivity index (χ1n) is 6.54. The fourth-order valence-electron chi connectivity index (χ4n) is 2.25. The van der Waals surface area contributed by atoms with Gasteiger partial charge in [0, 0.05) is 18.4 Å². The first kappa shape index (κ1) is 15.3. The lowest BCUT2D eigenvalue weighted by Crippen LogP contribution is -2.21. The van der Waals surface area contributed by atoms with Crippen LogP contribution in [-0.2, 0) is 21.1 Å². The molecule has 0 bridgehead atoms. The van der Waals surface area contributed by atoms with Gasteiger partial charge in [0.25, 0.3) is 0 Å². The van der Waals surface area contributed by atoms with Crippen LogP contribution in [0.5, 0.6) is 0 Å². The Kier molecular flexibility index (Phi) is 4.39. The Morgan fingerprint density at radius 1 is 1.30 bits per heavy atom. The Labute approximate surface area is 124 Å². The standard InChI is InChI=1S/C14H18ClNO3S/c1-9(20(2,18)19)14(15)11-6-7-12-10(8-11)4-3-5-13(17)16-12/h6-9,14H,3-5H2,1-2H3,(H,16,17). The van der Waals surface area contributed by atoms with Gasteiger partial charge in [0.2, 0.25) is 5.91 Å². The molecule has 0 radical (unpaired) electrons. The molecule has 0 aliphatic carbocycles. The summed E-state index contributed by atoms with van der Waals surface area (Å²) in [5, 5.41) is 1.61. The van der Waals surface area contributed by atoms with E-state index in [1.165, 1.54) is 6.26 Å². The number of hydrogen-bond donors (Lipinski definition) is 1. The first-order valence-corrected chi connectivity index (χ1v) is 8.94. The van der Waals surface area contributed by atoms with Crippen LogP contribution in [0.2, 0.25) is 0 Å². The van der Waals surface area contributed by atoms with Crippen molar-refractivity contribution in [3.8, 4) is 0 Å². The number of carbonyl (C=O) groups excluding carboxylic acids is 1. The van der Waals surface area contributed by atoms with Crippen molar-refractivity contribution in [2.24, 2.45) is 0 Å². The van der Waals surface area contributed by atoms with Crippen LogP contribution in [0.15, 0.2) is 18.2 Å². The van der Waals surface area contributed by atoms with Crippen molar-refractivity contribution in [1.82, 2.24) is 0 Å². The summed E-state index contributed by atoms with van der Waals surface area (Å²) in [6, 6.07) is 5.49. The molecule has 1 aromatic carbocycles. The van der Waals surface area contributed by atoms with Crippen molar-refractivity contribution >= 4 is 33.0 Å². The molecule has 1 aliphatic rings. The van der Waals surface area contributed by atoms with Crippen LogP contribution in [-0.4, -0.2) is 25.8 Å². The molecule has 1 amide bonds. The lowest BCUT2D eigenvalue weighted by Gasteiger charge is -2.18. The highest BCUT2D eigenvalue weighted by Gasteiger charge is 2.26. The van der Waals surface area contributed by atoms with Crippen LogP contribution in [0.4, 0.5) is 5.69 Å². The van der Waals surface area contributed by atoms with Gasteiger partial charge in [-0.1, -0.05) is 12.1 Å². The van der Waals surface area contributed by atoms with Crippen LogP contribution in [0.1, 0.15) is 36.3 Å². The normalized spacial score (nSPS) is 18.6. The van der Waals surface area contributed by atoms with Crippen LogP contribution >= 0.6 is 11.6 Å². The molecule has 0 saturated heterocycles. The quantitative estimate of drug-likeness (QED) is 0.872. The van der Waals surface area contributed by atoms with Gasteiger partial charge in [-0.15, -0.1) is 11.6 Å². The highest BCUT2D eigenvalue weighted by atomic mass is 35.5. The van der Waals surface area contributed by atoms with Gasteiger partial charge in [-0.3, -0.25) is 4.79 Å². The molecule has 6 heteroatoms. The minimum Gasteiger partial charge on any atom is -0.326 e. The molecule has 110 valence electrons. The molecule has 0 spiro atoms. The van der Waals surface area contributed by atoms with E-state index < -0.39 is 20.5 Å². The molecule has 1 heterocycles. The van der Waals surface area contributed by atoms with Crippen molar-refractivity contribution in [3.05, 3.63) is 29.3 Å². The first-order chi connectivity index (χ1) is 9.29. The number of alkyl halides is 1. The molecule has 20 heavy (non-hydrogen) atoms. The Morgan fingerprint density at radius 2 is 2.00 bits per heavy atom. The number of fused-ring (bicyclic) bond motifs is 1. The molecule has 1 aliphatic heterocycles. The topological polar surface area (TPSA) is 63.2 Å². The van der Waals surface area contributed by atoms with Gasteiger partial charge in [0.1, 0.15) is 0 Å². The summed E-state index contributed by atoms with van der Waals surface area (Å²) in [5.41, 5.74) is 2.59. The van der Waals surface area contributed by atoms with Gasteiger partial charge >= 0.3 is 0 Å². The maximum atomic E-state index is 11.6. The third-order valence-corrected chi connectivity index (χ3v) is 6.06. The van der Waals surface area contributed by atoms with Gasteiger partial charge in [-0.2, -0.15) is 0 Å². The number of amides is 1. The van der Waals surface area contributed by atoms with E-state index >= 15 is 0 Å². The second kappa shape index (κ2) is 5.74. The van der Waals surface area contributed by atoms with Gasteiger partial charge in [-0.25, -0.2) is 8.42 Å². The number of anilines is 1. The van der Waals surface area contributed by atoms with Gasteiger partial charge in [-0.05, 0) is 37.0 Å². The van der Waals surface area contributed by atoms with E-state index in [1.54, 1.807) is 19.1 Å². The molecule has 1 aromatic rings. The molecule has 0 saturated carbocycles. The van der Waals surface area contributed by atoms with Gasteiger partial charge in [0.05, 0.1) is 10.6 Å². The Hall–Kier alpha value is -1.07. The third-order valence-electron chi connectivity index (χ3n) is 3.66. The summed E-state index contributed by atoms with van der Waals surface area (Å²) >= 11 is 6.29. The van der Waals surface area contributed by atoms with E-state index in [-0.39, 0.29) is 5.91 Å². The predicted octanol–water partition coefficient (Wildman–Crippen LogP) is 2.67. The highest BCUT2D eigenvalue weighted by molar-refractivity contribution is 7.91. The second-order valence-corrected chi connectivity index (χ2v) is 8.13. The minimum absolute atomic E-state index is 0.0171. The third kappa shape index (κ3) is 3.33. The highest BCUT2D eigenvalue weighted by Crippen LogP contribution is 2.32. The fourth-order valence-corrected chi connectivity index (χ4v) is 3.54. The number of benzene rings is 1. The number of aryl methyl sites for hydroxylation is 1. The van der Waals surface area contributed by atoms with Crippen LogP contribution in [0.25, 0.3) is 0 Å². The van der Waals surface area contributed by atoms with Crippen molar-refractivity contribution in [3.63, 3.8) is 0 Å². The van der Waals surface area contributed by atoms with Gasteiger partial charge in [0.15, 0.2) is 9.84 Å². The summed E-state index contributed by atoms with van der Waals surface area (Å²) in [7, 11) is -3.19. The van der Waals surface area contributed by atoms with Crippen LogP contribution in [0, 0.1) is 0 Å². The van der Waals surface area contributed by atoms with Crippen molar-refractivity contribution < 1.29 is 13.2 Å². The summed E-state index contributed by atoms with van der Waals surface area (Å²) in [4.78, 5) is 11.5. The molecular weight excluding hydrogens is 298 g/mol. The maximum Gasteiger partial charge on any atom is 0.224 e. The van der Waals surface area contributed by atoms with Crippen LogP contribution in [0.3, 0.4) is 0 Å². The van der Waals surface area contributed by atoms with E-state index in [0.29, 0.717) is 6.42 Å². The van der Waals surface area contributed by atoms with Crippen molar-refractivity contribution in [2.75, 3.05) is 11.6 Å². The summed E-state index contributed by atoms with van der Waals surface area (Å²) < 4.78 is 23.2. The summed E-state index contributed by atoms with van der Waals surface area (Å²) in [6.07, 6.45) is 3.28. The lowest BCUT2D eigenvalue weighted by molar-refractivity contribution is -0.116.